The maximum absolute atomic E-state index is 13.7. The van der Waals surface area contributed by atoms with Crippen molar-refractivity contribution in [3.63, 3.8) is 0 Å². The minimum atomic E-state index is -0.653. The van der Waals surface area contributed by atoms with E-state index in [1.165, 1.54) is 11.1 Å². The van der Waals surface area contributed by atoms with Gasteiger partial charge in [-0.05, 0) is 54.7 Å². The summed E-state index contributed by atoms with van der Waals surface area (Å²) >= 11 is 0. The van der Waals surface area contributed by atoms with Crippen LogP contribution in [0.2, 0.25) is 0 Å². The predicted molar refractivity (Wildman–Crippen MR) is 172 cm³/mol. The molecule has 46 heavy (non-hydrogen) atoms. The number of hydrogen-bond donors (Lipinski definition) is 2. The Morgan fingerprint density at radius 3 is 1.52 bits per heavy atom. The van der Waals surface area contributed by atoms with E-state index in [0.717, 1.165) is 19.3 Å². The first-order valence-electron chi connectivity index (χ1n) is 16.3. The third-order valence-electron chi connectivity index (χ3n) is 10.1. The quantitative estimate of drug-likeness (QED) is 0.381. The molecule has 2 saturated carbocycles. The van der Waals surface area contributed by atoms with Crippen molar-refractivity contribution in [2.75, 3.05) is 33.3 Å². The monoisotopic (exact) mass is 620 g/mol. The number of nitrogens with one attached hydrogen (secondary N) is 2. The fourth-order valence-electron chi connectivity index (χ4n) is 7.15. The van der Waals surface area contributed by atoms with Crippen molar-refractivity contribution >= 4 is 23.6 Å². The highest BCUT2D eigenvalue weighted by Crippen LogP contribution is 2.42. The van der Waals surface area contributed by atoms with Crippen LogP contribution < -0.4 is 10.6 Å². The fraction of sp³-hybridized carbons (Fsp3) is 0.405. The minimum absolute atomic E-state index is 0.0223. The standard InChI is InChI=1S/C37H40N4O5/c1-46-27-16-17-40(20-27)36(44)25-12-14-26(15-13-25)37(45)41-21-30(34(42)38-32-18-28(32)23-8-4-2-5-9-23)31(22-41)35(43)39-33-19-29(33)24-10-6-3-7-11-24/h2-15,27-33H,16-22H2,1H3,(H,38,42)(H,39,43)/t27-,28-,29-,30-,31-,32+,33+/m1/s1. The van der Waals surface area contributed by atoms with Gasteiger partial charge in [0.1, 0.15) is 0 Å². The molecular formula is C37H40N4O5. The van der Waals surface area contributed by atoms with E-state index < -0.39 is 11.8 Å². The number of ether oxygens (including phenoxy) is 1. The van der Waals surface area contributed by atoms with Crippen LogP contribution in [0.25, 0.3) is 0 Å². The average molecular weight is 621 g/mol. The molecule has 7 atom stereocenters. The molecule has 7 rings (SSSR count). The van der Waals surface area contributed by atoms with E-state index in [4.69, 9.17) is 4.74 Å². The van der Waals surface area contributed by atoms with Gasteiger partial charge in [-0.3, -0.25) is 19.2 Å². The second kappa shape index (κ2) is 12.7. The van der Waals surface area contributed by atoms with Gasteiger partial charge < -0.3 is 25.2 Å². The molecule has 0 bridgehead atoms. The van der Waals surface area contributed by atoms with Gasteiger partial charge in [-0.15, -0.1) is 0 Å². The lowest BCUT2D eigenvalue weighted by Crippen LogP contribution is -2.43. The van der Waals surface area contributed by atoms with Crippen molar-refractivity contribution in [3.8, 4) is 0 Å². The van der Waals surface area contributed by atoms with Gasteiger partial charge in [0, 0.05) is 68.3 Å². The van der Waals surface area contributed by atoms with Crippen LogP contribution in [0.3, 0.4) is 0 Å². The Morgan fingerprint density at radius 2 is 1.09 bits per heavy atom. The zero-order valence-corrected chi connectivity index (χ0v) is 26.0. The lowest BCUT2D eigenvalue weighted by Gasteiger charge is -2.18. The molecule has 9 nitrogen and oxygen atoms in total. The van der Waals surface area contributed by atoms with Crippen LogP contribution in [0.5, 0.6) is 0 Å². The predicted octanol–water partition coefficient (Wildman–Crippen LogP) is 3.58. The lowest BCUT2D eigenvalue weighted by atomic mass is 9.94. The summed E-state index contributed by atoms with van der Waals surface area (Å²) in [5.74, 6) is -1.50. The maximum atomic E-state index is 13.7. The molecule has 2 heterocycles. The highest BCUT2D eigenvalue weighted by Gasteiger charge is 2.49. The number of carbonyl (C=O) groups is 4. The van der Waals surface area contributed by atoms with E-state index in [0.29, 0.717) is 24.2 Å². The number of amides is 4. The van der Waals surface area contributed by atoms with E-state index >= 15 is 0 Å². The SMILES string of the molecule is CO[C@@H]1CCN(C(=O)c2ccc(C(=O)N3C[C@@H](C(=O)N[C@H]4C[C@@H]4c4ccccc4)[C@H](C(=O)N[C@H]4C[C@@H]4c4ccccc4)C3)cc2)C1. The Bertz CT molecular complexity index is 1520. The fourth-order valence-corrected chi connectivity index (χ4v) is 7.15. The highest BCUT2D eigenvalue weighted by molar-refractivity contribution is 5.99. The molecule has 2 N–H and O–H groups in total. The normalized spacial score (nSPS) is 28.1. The van der Waals surface area contributed by atoms with Crippen molar-refractivity contribution in [3.05, 3.63) is 107 Å². The smallest absolute Gasteiger partial charge is 0.253 e. The number of carbonyl (C=O) groups excluding carboxylic acids is 4. The summed E-state index contributed by atoms with van der Waals surface area (Å²) in [5, 5.41) is 6.36. The molecule has 238 valence electrons. The third-order valence-corrected chi connectivity index (χ3v) is 10.1. The molecule has 3 aromatic rings. The van der Waals surface area contributed by atoms with E-state index in [2.05, 4.69) is 34.9 Å². The Labute approximate surface area is 269 Å². The van der Waals surface area contributed by atoms with E-state index in [-0.39, 0.29) is 66.7 Å². The van der Waals surface area contributed by atoms with Gasteiger partial charge in [-0.2, -0.15) is 0 Å². The molecule has 2 aliphatic carbocycles. The highest BCUT2D eigenvalue weighted by atomic mass is 16.5. The summed E-state index contributed by atoms with van der Waals surface area (Å²) in [6, 6.07) is 26.9. The van der Waals surface area contributed by atoms with Crippen molar-refractivity contribution in [2.24, 2.45) is 11.8 Å². The van der Waals surface area contributed by atoms with Crippen LogP contribution in [0.1, 0.15) is 62.9 Å². The summed E-state index contributed by atoms with van der Waals surface area (Å²) in [5.41, 5.74) is 3.32. The van der Waals surface area contributed by atoms with Crippen LogP contribution in [0.4, 0.5) is 0 Å². The second-order valence-electron chi connectivity index (χ2n) is 13.1. The zero-order valence-electron chi connectivity index (χ0n) is 26.0. The Hall–Kier alpha value is -4.50. The Morgan fingerprint density at radius 1 is 0.630 bits per heavy atom. The second-order valence-corrected chi connectivity index (χ2v) is 13.1. The molecule has 0 unspecified atom stereocenters. The van der Waals surface area contributed by atoms with Gasteiger partial charge in [0.15, 0.2) is 0 Å². The average Bonchev–Trinajstić information content (AvgIpc) is 3.92. The molecule has 3 aromatic carbocycles. The van der Waals surface area contributed by atoms with Gasteiger partial charge in [-0.1, -0.05) is 60.7 Å². The number of benzene rings is 3. The molecule has 4 aliphatic rings. The lowest BCUT2D eigenvalue weighted by molar-refractivity contribution is -0.133. The van der Waals surface area contributed by atoms with Crippen LogP contribution in [0.15, 0.2) is 84.9 Å². The van der Waals surface area contributed by atoms with Crippen molar-refractivity contribution in [1.82, 2.24) is 20.4 Å². The molecule has 4 amide bonds. The topological polar surface area (TPSA) is 108 Å². The first-order valence-corrected chi connectivity index (χ1v) is 16.3. The molecule has 0 aromatic heterocycles. The number of methoxy groups -OCH3 is 1. The molecule has 4 fully saturated rings. The molecule has 9 heteroatoms. The van der Waals surface area contributed by atoms with Crippen LogP contribution in [-0.4, -0.2) is 84.9 Å². The number of likely N-dealkylation sites (tertiary alicyclic amines) is 2. The van der Waals surface area contributed by atoms with E-state index in [9.17, 15) is 19.2 Å². The summed E-state index contributed by atoms with van der Waals surface area (Å²) in [7, 11) is 1.65. The molecule has 2 aliphatic heterocycles. The molecule has 0 radical (unpaired) electrons. The largest absolute Gasteiger partial charge is 0.380 e. The van der Waals surface area contributed by atoms with Crippen molar-refractivity contribution < 1.29 is 23.9 Å². The van der Waals surface area contributed by atoms with Crippen LogP contribution in [0, 0.1) is 11.8 Å². The molecular weight excluding hydrogens is 580 g/mol. The van der Waals surface area contributed by atoms with Gasteiger partial charge >= 0.3 is 0 Å². The van der Waals surface area contributed by atoms with E-state index in [1.54, 1.807) is 41.2 Å². The van der Waals surface area contributed by atoms with E-state index in [1.807, 2.05) is 36.4 Å². The number of rotatable bonds is 9. The van der Waals surface area contributed by atoms with Gasteiger partial charge in [0.05, 0.1) is 17.9 Å². The summed E-state index contributed by atoms with van der Waals surface area (Å²) in [6.45, 7) is 1.51. The van der Waals surface area contributed by atoms with Gasteiger partial charge in [-0.25, -0.2) is 0 Å². The Kier molecular flexibility index (Phi) is 8.34. The number of nitrogens with zero attached hydrogens (tertiary/aromatic N) is 2. The zero-order chi connectivity index (χ0) is 31.8. The van der Waals surface area contributed by atoms with Crippen LogP contribution in [-0.2, 0) is 14.3 Å². The van der Waals surface area contributed by atoms with Crippen molar-refractivity contribution in [2.45, 2.75) is 49.3 Å². The maximum Gasteiger partial charge on any atom is 0.253 e. The third kappa shape index (κ3) is 6.29. The van der Waals surface area contributed by atoms with Gasteiger partial charge in [0.2, 0.25) is 11.8 Å². The minimum Gasteiger partial charge on any atom is -0.380 e. The summed E-state index contributed by atoms with van der Waals surface area (Å²) in [4.78, 5) is 57.4. The van der Waals surface area contributed by atoms with Gasteiger partial charge in [0.25, 0.3) is 11.8 Å². The van der Waals surface area contributed by atoms with Crippen LogP contribution >= 0.6 is 0 Å². The molecule has 0 spiro atoms. The summed E-state index contributed by atoms with van der Waals surface area (Å²) < 4.78 is 5.38. The Balaban J connectivity index is 1.03. The molecule has 2 saturated heterocycles. The van der Waals surface area contributed by atoms with Crippen molar-refractivity contribution in [1.29, 1.82) is 0 Å². The number of hydrogen-bond acceptors (Lipinski definition) is 5. The summed E-state index contributed by atoms with van der Waals surface area (Å²) in [6.07, 6.45) is 2.57. The first-order chi connectivity index (χ1) is 22.4. The first kappa shape index (κ1) is 30.2.